The molecule has 1 aliphatic heterocycles. The molecule has 1 aromatic carbocycles. The fourth-order valence-corrected chi connectivity index (χ4v) is 6.89. The van der Waals surface area contributed by atoms with E-state index in [1.165, 1.54) is 23.0 Å². The van der Waals surface area contributed by atoms with Crippen LogP contribution in [-0.2, 0) is 14.5 Å². The summed E-state index contributed by atoms with van der Waals surface area (Å²) >= 11 is 0. The molecule has 2 aromatic heterocycles. The fraction of sp³-hybridized carbons (Fsp3) is 0.423. The van der Waals surface area contributed by atoms with Crippen molar-refractivity contribution in [3.63, 3.8) is 0 Å². The first-order chi connectivity index (χ1) is 17.8. The molecule has 2 aliphatic rings. The van der Waals surface area contributed by atoms with Crippen LogP contribution in [-0.4, -0.2) is 62.7 Å². The summed E-state index contributed by atoms with van der Waals surface area (Å²) in [6, 6.07) is 10.7. The summed E-state index contributed by atoms with van der Waals surface area (Å²) in [5, 5.41) is 4.67. The Morgan fingerprint density at radius 2 is 1.89 bits per heavy atom. The normalized spacial score (nSPS) is 23.5. The van der Waals surface area contributed by atoms with Crippen LogP contribution in [0.5, 0.6) is 0 Å². The second kappa shape index (κ2) is 10.2. The summed E-state index contributed by atoms with van der Waals surface area (Å²) in [6.07, 6.45) is 2.86. The molecule has 2 N–H and O–H groups in total. The quantitative estimate of drug-likeness (QED) is 0.544. The van der Waals surface area contributed by atoms with E-state index in [2.05, 4.69) is 19.3 Å². The van der Waals surface area contributed by atoms with E-state index in [4.69, 9.17) is 5.73 Å². The molecule has 1 aliphatic carbocycles. The van der Waals surface area contributed by atoms with Crippen LogP contribution in [0.15, 0.2) is 53.2 Å². The summed E-state index contributed by atoms with van der Waals surface area (Å²) in [4.78, 5) is 18.6. The standard InChI is InChI=1S/C26H30F2N6O2S/c1-30-37(36)13-11-33(12-14-37)19-7-4-17(5-8-19)22-16-34(26-23(28)3-2-10-31-26)32-24(22)20-9-6-18(27)15-21(20)25(29)35/h2-5,7-8,10,16,18,20-21H,6,9,11-15H2,1H3,(H2,29,35)/t18-,20+,21+/m0/s1. The maximum absolute atomic E-state index is 14.6. The fourth-order valence-electron chi connectivity index (χ4n) is 5.31. The van der Waals surface area contributed by atoms with E-state index in [1.807, 2.05) is 24.3 Å². The molecule has 1 saturated heterocycles. The Labute approximate surface area is 215 Å². The zero-order chi connectivity index (χ0) is 26.2. The molecule has 0 radical (unpaired) electrons. The highest BCUT2D eigenvalue weighted by atomic mass is 32.2. The van der Waals surface area contributed by atoms with Crippen LogP contribution in [0.4, 0.5) is 14.5 Å². The molecule has 3 aromatic rings. The molecule has 0 bridgehead atoms. The van der Waals surface area contributed by atoms with Gasteiger partial charge in [0.15, 0.2) is 11.6 Å². The average molecular weight is 529 g/mol. The molecule has 1 amide bonds. The molecule has 11 heteroatoms. The molecule has 1 saturated carbocycles. The van der Waals surface area contributed by atoms with Gasteiger partial charge in [-0.05, 0) is 49.1 Å². The number of carbonyl (C=O) groups excluding carboxylic acids is 1. The highest BCUT2D eigenvalue weighted by Gasteiger charge is 2.38. The van der Waals surface area contributed by atoms with Crippen molar-refractivity contribution in [2.75, 3.05) is 36.5 Å². The minimum atomic E-state index is -2.11. The first-order valence-corrected chi connectivity index (χ1v) is 14.2. The van der Waals surface area contributed by atoms with Gasteiger partial charge in [-0.3, -0.25) is 4.79 Å². The van der Waals surface area contributed by atoms with Crippen LogP contribution in [0, 0.1) is 11.7 Å². The van der Waals surface area contributed by atoms with Gasteiger partial charge in [0.1, 0.15) is 6.17 Å². The molecule has 0 unspecified atom stereocenters. The summed E-state index contributed by atoms with van der Waals surface area (Å²) in [6.45, 7) is 1.31. The lowest BCUT2D eigenvalue weighted by atomic mass is 9.75. The number of carbonyl (C=O) groups is 1. The molecule has 196 valence electrons. The number of hydrogen-bond donors (Lipinski definition) is 1. The molecule has 8 nitrogen and oxygen atoms in total. The van der Waals surface area contributed by atoms with Crippen molar-refractivity contribution in [1.82, 2.24) is 14.8 Å². The number of nitrogens with two attached hydrogens (primary N) is 1. The lowest BCUT2D eigenvalue weighted by Gasteiger charge is -2.31. The second-order valence-electron chi connectivity index (χ2n) is 9.60. The van der Waals surface area contributed by atoms with Crippen LogP contribution >= 0.6 is 0 Å². The maximum Gasteiger partial charge on any atom is 0.221 e. The Bertz CT molecular complexity index is 1400. The summed E-state index contributed by atoms with van der Waals surface area (Å²) in [5.74, 6) is -1.08. The Balaban J connectivity index is 1.52. The van der Waals surface area contributed by atoms with Gasteiger partial charge >= 0.3 is 0 Å². The van der Waals surface area contributed by atoms with Crippen molar-refractivity contribution in [2.45, 2.75) is 31.4 Å². The van der Waals surface area contributed by atoms with Gasteiger partial charge < -0.3 is 10.6 Å². The van der Waals surface area contributed by atoms with Crippen LogP contribution in [0.25, 0.3) is 16.9 Å². The van der Waals surface area contributed by atoms with E-state index in [-0.39, 0.29) is 18.2 Å². The molecular formula is C26H30F2N6O2S. The summed E-state index contributed by atoms with van der Waals surface area (Å²) in [5.41, 5.74) is 8.80. The number of rotatable bonds is 5. The zero-order valence-electron chi connectivity index (χ0n) is 20.6. The van der Waals surface area contributed by atoms with Gasteiger partial charge in [-0.25, -0.2) is 27.0 Å². The topological polar surface area (TPSA) is 106 Å². The van der Waals surface area contributed by atoms with E-state index in [0.717, 1.165) is 16.8 Å². The van der Waals surface area contributed by atoms with E-state index in [1.54, 1.807) is 13.2 Å². The van der Waals surface area contributed by atoms with E-state index < -0.39 is 33.5 Å². The minimum absolute atomic E-state index is 0.0414. The lowest BCUT2D eigenvalue weighted by molar-refractivity contribution is -0.124. The van der Waals surface area contributed by atoms with Gasteiger partial charge in [-0.2, -0.15) is 5.10 Å². The zero-order valence-corrected chi connectivity index (χ0v) is 21.4. The number of halogens is 2. The van der Waals surface area contributed by atoms with E-state index in [0.29, 0.717) is 43.1 Å². The number of nitrogens with zero attached hydrogens (tertiary/aromatic N) is 5. The Morgan fingerprint density at radius 1 is 1.16 bits per heavy atom. The van der Waals surface area contributed by atoms with Crippen molar-refractivity contribution in [3.8, 4) is 16.9 Å². The maximum atomic E-state index is 14.6. The predicted molar refractivity (Wildman–Crippen MR) is 139 cm³/mol. The lowest BCUT2D eigenvalue weighted by Crippen LogP contribution is -2.40. The molecule has 0 spiro atoms. The number of alkyl halides is 1. The van der Waals surface area contributed by atoms with E-state index >= 15 is 0 Å². The van der Waals surface area contributed by atoms with Crippen molar-refractivity contribution < 1.29 is 17.8 Å². The highest BCUT2D eigenvalue weighted by Crippen LogP contribution is 2.42. The molecule has 3 atom stereocenters. The third kappa shape index (κ3) is 5.09. The van der Waals surface area contributed by atoms with Gasteiger partial charge in [0.25, 0.3) is 0 Å². The number of pyridine rings is 1. The monoisotopic (exact) mass is 528 g/mol. The predicted octanol–water partition coefficient (Wildman–Crippen LogP) is 3.70. The number of anilines is 1. The number of aromatic nitrogens is 3. The molecule has 37 heavy (non-hydrogen) atoms. The number of hydrogen-bond acceptors (Lipinski definition) is 6. The van der Waals surface area contributed by atoms with Crippen molar-refractivity contribution >= 4 is 21.3 Å². The molecule has 2 fully saturated rings. The van der Waals surface area contributed by atoms with Gasteiger partial charge in [0.2, 0.25) is 5.91 Å². The number of primary amides is 1. The van der Waals surface area contributed by atoms with Gasteiger partial charge in [0, 0.05) is 76.9 Å². The smallest absolute Gasteiger partial charge is 0.221 e. The van der Waals surface area contributed by atoms with Crippen LogP contribution in [0.2, 0.25) is 0 Å². The van der Waals surface area contributed by atoms with Crippen LogP contribution < -0.4 is 10.6 Å². The minimum Gasteiger partial charge on any atom is -0.370 e. The first-order valence-electron chi connectivity index (χ1n) is 12.4. The number of benzene rings is 1. The van der Waals surface area contributed by atoms with Gasteiger partial charge in [-0.1, -0.05) is 12.1 Å². The Kier molecular flexibility index (Phi) is 6.98. The Hall–Kier alpha value is -3.34. The second-order valence-corrected chi connectivity index (χ2v) is 12.3. The van der Waals surface area contributed by atoms with Crippen LogP contribution in [0.3, 0.4) is 0 Å². The SMILES string of the molecule is CN=S1(=O)CCN(c2ccc(-c3cn(-c4ncccc4F)nc3[C@@H]3CC[C@H](F)C[C@H]3C(N)=O)cc2)CC1. The Morgan fingerprint density at radius 3 is 2.54 bits per heavy atom. The van der Waals surface area contributed by atoms with Crippen molar-refractivity contribution in [1.29, 1.82) is 0 Å². The largest absolute Gasteiger partial charge is 0.370 e. The summed E-state index contributed by atoms with van der Waals surface area (Å²) in [7, 11) is -0.495. The summed E-state index contributed by atoms with van der Waals surface area (Å²) < 4.78 is 46.8. The molecule has 5 rings (SSSR count). The average Bonchev–Trinajstić information content (AvgIpc) is 3.34. The number of amides is 1. The third-order valence-electron chi connectivity index (χ3n) is 7.44. The van der Waals surface area contributed by atoms with E-state index in [9.17, 15) is 17.8 Å². The highest BCUT2D eigenvalue weighted by molar-refractivity contribution is 7.93. The molecular weight excluding hydrogens is 498 g/mol. The third-order valence-corrected chi connectivity index (χ3v) is 9.74. The van der Waals surface area contributed by atoms with Gasteiger partial charge in [0.05, 0.1) is 5.69 Å². The van der Waals surface area contributed by atoms with Crippen LogP contribution in [0.1, 0.15) is 30.9 Å². The van der Waals surface area contributed by atoms with Crippen molar-refractivity contribution in [3.05, 3.63) is 60.3 Å². The molecule has 3 heterocycles. The van der Waals surface area contributed by atoms with Gasteiger partial charge in [-0.15, -0.1) is 0 Å². The van der Waals surface area contributed by atoms with Crippen molar-refractivity contribution in [2.24, 2.45) is 16.0 Å². The first kappa shape index (κ1) is 25.3.